The molecule has 1 aromatic carbocycles. The lowest BCUT2D eigenvalue weighted by Crippen LogP contribution is -2.35. The lowest BCUT2D eigenvalue weighted by Gasteiger charge is -2.25. The molecule has 2 N–H and O–H groups in total. The summed E-state index contributed by atoms with van der Waals surface area (Å²) >= 11 is 7.92. The van der Waals surface area contributed by atoms with Crippen molar-refractivity contribution in [1.82, 2.24) is 4.98 Å². The molecule has 0 saturated heterocycles. The number of hydrogen-bond donors (Lipinski definition) is 1. The zero-order valence-electron chi connectivity index (χ0n) is 10.8. The first-order chi connectivity index (χ1) is 8.40. The van der Waals surface area contributed by atoms with Gasteiger partial charge in [0.05, 0.1) is 10.7 Å². The van der Waals surface area contributed by atoms with Gasteiger partial charge in [0.25, 0.3) is 0 Å². The topological polar surface area (TPSA) is 38.9 Å². The van der Waals surface area contributed by atoms with Crippen molar-refractivity contribution in [2.75, 3.05) is 0 Å². The van der Waals surface area contributed by atoms with Gasteiger partial charge in [0.15, 0.2) is 0 Å². The number of nitrogens with zero attached hydrogens (tertiary/aromatic N) is 1. The average Bonchev–Trinajstić information content (AvgIpc) is 2.57. The summed E-state index contributed by atoms with van der Waals surface area (Å²) in [7, 11) is 0. The van der Waals surface area contributed by atoms with Gasteiger partial charge in [-0.2, -0.15) is 0 Å². The molecular formula is C14H17ClN2S. The number of aryl methyl sites for hydroxylation is 2. The van der Waals surface area contributed by atoms with Gasteiger partial charge in [-0.3, -0.25) is 0 Å². The van der Waals surface area contributed by atoms with E-state index in [1.807, 2.05) is 38.1 Å². The number of nitrogens with two attached hydrogens (primary N) is 1. The first-order valence-electron chi connectivity index (χ1n) is 5.87. The monoisotopic (exact) mass is 280 g/mol. The van der Waals surface area contributed by atoms with Gasteiger partial charge in [-0.05, 0) is 32.4 Å². The first-order valence-corrected chi connectivity index (χ1v) is 7.06. The van der Waals surface area contributed by atoms with Crippen molar-refractivity contribution in [1.29, 1.82) is 0 Å². The van der Waals surface area contributed by atoms with Gasteiger partial charge in [-0.25, -0.2) is 4.98 Å². The van der Waals surface area contributed by atoms with E-state index in [0.29, 0.717) is 11.4 Å². The lowest BCUT2D eigenvalue weighted by atomic mass is 9.90. The van der Waals surface area contributed by atoms with Crippen LogP contribution in [-0.4, -0.2) is 4.98 Å². The highest BCUT2D eigenvalue weighted by molar-refractivity contribution is 7.11. The Hall–Kier alpha value is -0.900. The molecule has 0 aliphatic rings. The summed E-state index contributed by atoms with van der Waals surface area (Å²) in [6, 6.07) is 7.74. The minimum atomic E-state index is -0.491. The van der Waals surface area contributed by atoms with Gasteiger partial charge >= 0.3 is 0 Å². The summed E-state index contributed by atoms with van der Waals surface area (Å²) in [6.07, 6.45) is 0.704. The van der Waals surface area contributed by atoms with E-state index in [1.54, 1.807) is 11.3 Å². The Morgan fingerprint density at radius 3 is 2.56 bits per heavy atom. The molecule has 1 heterocycles. The molecule has 0 amide bonds. The van der Waals surface area contributed by atoms with E-state index < -0.39 is 5.54 Å². The number of hydrogen-bond acceptors (Lipinski definition) is 3. The van der Waals surface area contributed by atoms with Gasteiger partial charge < -0.3 is 5.73 Å². The highest BCUT2D eigenvalue weighted by Gasteiger charge is 2.25. The van der Waals surface area contributed by atoms with E-state index in [0.717, 1.165) is 16.3 Å². The van der Waals surface area contributed by atoms with Crippen LogP contribution in [-0.2, 0) is 12.0 Å². The van der Waals surface area contributed by atoms with Crippen molar-refractivity contribution in [3.63, 3.8) is 0 Å². The van der Waals surface area contributed by atoms with Crippen molar-refractivity contribution in [2.45, 2.75) is 32.7 Å². The van der Waals surface area contributed by atoms with Crippen LogP contribution in [0.5, 0.6) is 0 Å². The number of thiazole rings is 1. The Kier molecular flexibility index (Phi) is 3.76. The van der Waals surface area contributed by atoms with Crippen LogP contribution in [0.3, 0.4) is 0 Å². The van der Waals surface area contributed by atoms with Crippen LogP contribution in [0.15, 0.2) is 24.3 Å². The van der Waals surface area contributed by atoms with Crippen LogP contribution in [0, 0.1) is 13.8 Å². The second-order valence-corrected chi connectivity index (χ2v) is 6.52. The lowest BCUT2D eigenvalue weighted by molar-refractivity contribution is 0.490. The molecule has 18 heavy (non-hydrogen) atoms. The maximum absolute atomic E-state index is 6.41. The minimum Gasteiger partial charge on any atom is -0.321 e. The quantitative estimate of drug-likeness (QED) is 0.928. The summed E-state index contributed by atoms with van der Waals surface area (Å²) in [4.78, 5) is 5.80. The summed E-state index contributed by atoms with van der Waals surface area (Å²) in [5.74, 6) is 0. The van der Waals surface area contributed by atoms with Crippen LogP contribution in [0.2, 0.25) is 5.02 Å². The maximum Gasteiger partial charge on any atom is 0.0952 e. The first kappa shape index (κ1) is 13.5. The molecule has 1 atom stereocenters. The van der Waals surface area contributed by atoms with Crippen LogP contribution in [0.25, 0.3) is 0 Å². The third-order valence-electron chi connectivity index (χ3n) is 3.08. The largest absolute Gasteiger partial charge is 0.321 e. The molecule has 0 radical (unpaired) electrons. The van der Waals surface area contributed by atoms with E-state index in [2.05, 4.69) is 11.9 Å². The molecule has 4 heteroatoms. The third kappa shape index (κ3) is 2.74. The van der Waals surface area contributed by atoms with E-state index in [1.165, 1.54) is 4.88 Å². The zero-order valence-corrected chi connectivity index (χ0v) is 12.4. The number of rotatable bonds is 3. The smallest absolute Gasteiger partial charge is 0.0952 e. The zero-order chi connectivity index (χ0) is 13.3. The normalized spacial score (nSPS) is 14.5. The standard InChI is InChI=1S/C14H17ClN2S/c1-9-10(2)18-13(17-9)8-14(3,16)11-6-4-5-7-12(11)15/h4-7H,8,16H2,1-3H3. The van der Waals surface area contributed by atoms with Crippen molar-refractivity contribution in [2.24, 2.45) is 5.73 Å². The van der Waals surface area contributed by atoms with E-state index in [4.69, 9.17) is 17.3 Å². The van der Waals surface area contributed by atoms with Gasteiger partial charge in [0.2, 0.25) is 0 Å². The molecular weight excluding hydrogens is 264 g/mol. The molecule has 2 nitrogen and oxygen atoms in total. The van der Waals surface area contributed by atoms with Crippen molar-refractivity contribution in [3.05, 3.63) is 50.4 Å². The molecule has 0 aliphatic heterocycles. The predicted octanol–water partition coefficient (Wildman–Crippen LogP) is 3.83. The van der Waals surface area contributed by atoms with E-state index in [9.17, 15) is 0 Å². The molecule has 1 unspecified atom stereocenters. The Morgan fingerprint density at radius 2 is 2.00 bits per heavy atom. The van der Waals surface area contributed by atoms with Crippen LogP contribution < -0.4 is 5.73 Å². The van der Waals surface area contributed by atoms with Gasteiger partial charge in [0, 0.05) is 21.9 Å². The van der Waals surface area contributed by atoms with Gasteiger partial charge in [-0.1, -0.05) is 29.8 Å². The van der Waals surface area contributed by atoms with Crippen LogP contribution in [0.1, 0.15) is 28.1 Å². The number of benzene rings is 1. The van der Waals surface area contributed by atoms with Crippen LogP contribution in [0.4, 0.5) is 0 Å². The molecule has 2 aromatic rings. The van der Waals surface area contributed by atoms with Crippen molar-refractivity contribution >= 4 is 22.9 Å². The van der Waals surface area contributed by atoms with E-state index in [-0.39, 0.29) is 0 Å². The molecule has 0 bridgehead atoms. The summed E-state index contributed by atoms with van der Waals surface area (Å²) < 4.78 is 0. The Labute approximate surface area is 117 Å². The Bertz CT molecular complexity index is 541. The van der Waals surface area contributed by atoms with Crippen molar-refractivity contribution < 1.29 is 0 Å². The fraction of sp³-hybridized carbons (Fsp3) is 0.357. The van der Waals surface area contributed by atoms with Gasteiger partial charge in [-0.15, -0.1) is 11.3 Å². The van der Waals surface area contributed by atoms with Gasteiger partial charge in [0.1, 0.15) is 0 Å². The predicted molar refractivity (Wildman–Crippen MR) is 78.3 cm³/mol. The summed E-state index contributed by atoms with van der Waals surface area (Å²) in [6.45, 7) is 6.11. The average molecular weight is 281 g/mol. The third-order valence-corrected chi connectivity index (χ3v) is 4.48. The molecule has 0 fully saturated rings. The molecule has 2 rings (SSSR count). The maximum atomic E-state index is 6.41. The number of halogens is 1. The second-order valence-electron chi connectivity index (χ2n) is 4.82. The highest BCUT2D eigenvalue weighted by atomic mass is 35.5. The molecule has 0 aliphatic carbocycles. The summed E-state index contributed by atoms with van der Waals surface area (Å²) in [5.41, 5.74) is 7.98. The van der Waals surface area contributed by atoms with Crippen LogP contribution >= 0.6 is 22.9 Å². The fourth-order valence-corrected chi connectivity index (χ4v) is 3.40. The number of aromatic nitrogens is 1. The van der Waals surface area contributed by atoms with Crippen molar-refractivity contribution in [3.8, 4) is 0 Å². The molecule has 0 spiro atoms. The molecule has 0 saturated carbocycles. The molecule has 1 aromatic heterocycles. The van der Waals surface area contributed by atoms with E-state index >= 15 is 0 Å². The second kappa shape index (κ2) is 5.00. The SMILES string of the molecule is Cc1nc(CC(C)(N)c2ccccc2Cl)sc1C. The Balaban J connectivity index is 2.29. The Morgan fingerprint density at radius 1 is 1.33 bits per heavy atom. The summed E-state index contributed by atoms with van der Waals surface area (Å²) in [5, 5.41) is 1.78. The highest BCUT2D eigenvalue weighted by Crippen LogP contribution is 2.30. The fourth-order valence-electron chi connectivity index (χ4n) is 1.95. The minimum absolute atomic E-state index is 0.491. The molecule has 96 valence electrons.